The fourth-order valence-electron chi connectivity index (χ4n) is 1.67. The number of rotatable bonds is 2. The number of aromatic nitrogens is 3. The first-order chi connectivity index (χ1) is 8.43. The van der Waals surface area contributed by atoms with Crippen LogP contribution in [0, 0.1) is 0 Å². The predicted octanol–water partition coefficient (Wildman–Crippen LogP) is 2.77. The molecule has 0 spiro atoms. The monoisotopic (exact) mass is 222 g/mol. The number of fused-ring (bicyclic) bond motifs is 1. The first-order valence-electron chi connectivity index (χ1n) is 5.31. The van der Waals surface area contributed by atoms with Crippen LogP contribution in [0.2, 0.25) is 0 Å². The smallest absolute Gasteiger partial charge is 0.161 e. The van der Waals surface area contributed by atoms with Gasteiger partial charge in [-0.1, -0.05) is 6.07 Å². The highest BCUT2D eigenvalue weighted by atomic mass is 15.0. The normalized spacial score (nSPS) is 10.4. The van der Waals surface area contributed by atoms with Crippen LogP contribution < -0.4 is 5.32 Å². The molecule has 0 radical (unpaired) electrons. The van der Waals surface area contributed by atoms with E-state index in [1.165, 1.54) is 0 Å². The molecule has 3 aromatic rings. The molecule has 0 aromatic carbocycles. The molecule has 0 aliphatic heterocycles. The second kappa shape index (κ2) is 4.17. The molecule has 0 bridgehead atoms. The van der Waals surface area contributed by atoms with Crippen LogP contribution in [0.3, 0.4) is 0 Å². The van der Waals surface area contributed by atoms with Crippen molar-refractivity contribution >= 4 is 22.5 Å². The Morgan fingerprint density at radius 2 is 1.65 bits per heavy atom. The molecule has 0 saturated carbocycles. The highest BCUT2D eigenvalue weighted by molar-refractivity contribution is 5.90. The molecule has 0 aliphatic rings. The summed E-state index contributed by atoms with van der Waals surface area (Å²) in [4.78, 5) is 12.7. The molecule has 17 heavy (non-hydrogen) atoms. The maximum Gasteiger partial charge on any atom is 0.161 e. The van der Waals surface area contributed by atoms with Crippen LogP contribution in [-0.2, 0) is 0 Å². The van der Waals surface area contributed by atoms with Gasteiger partial charge in [0.15, 0.2) is 5.65 Å². The van der Waals surface area contributed by atoms with E-state index in [4.69, 9.17) is 0 Å². The molecule has 0 amide bonds. The summed E-state index contributed by atoms with van der Waals surface area (Å²) in [5.74, 6) is 0.809. The molecular formula is C13H10N4. The van der Waals surface area contributed by atoms with Crippen LogP contribution in [0.4, 0.5) is 11.5 Å². The predicted molar refractivity (Wildman–Crippen MR) is 67.1 cm³/mol. The van der Waals surface area contributed by atoms with Crippen LogP contribution in [0.1, 0.15) is 0 Å². The zero-order chi connectivity index (χ0) is 11.5. The third kappa shape index (κ3) is 1.92. The third-order valence-corrected chi connectivity index (χ3v) is 2.44. The van der Waals surface area contributed by atoms with Crippen LogP contribution in [0.25, 0.3) is 11.0 Å². The Morgan fingerprint density at radius 3 is 2.53 bits per heavy atom. The minimum absolute atomic E-state index is 0.730. The Labute approximate surface area is 98.4 Å². The van der Waals surface area contributed by atoms with Gasteiger partial charge in [-0.15, -0.1) is 0 Å². The van der Waals surface area contributed by atoms with Gasteiger partial charge in [0.2, 0.25) is 0 Å². The summed E-state index contributed by atoms with van der Waals surface area (Å²) >= 11 is 0. The minimum Gasteiger partial charge on any atom is -0.340 e. The standard InChI is InChI=1S/C13H10N4/c1-2-7-14-12(5-1)17-11-6-9-16-13-10(11)4-3-8-15-13/h1-9H,(H,14,15,16,17). The molecule has 0 unspecified atom stereocenters. The summed E-state index contributed by atoms with van der Waals surface area (Å²) < 4.78 is 0. The van der Waals surface area contributed by atoms with E-state index in [9.17, 15) is 0 Å². The molecule has 82 valence electrons. The molecule has 0 fully saturated rings. The van der Waals surface area contributed by atoms with Crippen molar-refractivity contribution < 1.29 is 0 Å². The van der Waals surface area contributed by atoms with Crippen molar-refractivity contribution in [2.45, 2.75) is 0 Å². The second-order valence-corrected chi connectivity index (χ2v) is 3.57. The third-order valence-electron chi connectivity index (χ3n) is 2.44. The zero-order valence-corrected chi connectivity index (χ0v) is 9.04. The van der Waals surface area contributed by atoms with E-state index in [0.29, 0.717) is 0 Å². The Morgan fingerprint density at radius 1 is 0.765 bits per heavy atom. The molecule has 0 atom stereocenters. The van der Waals surface area contributed by atoms with E-state index in [-0.39, 0.29) is 0 Å². The number of hydrogen-bond acceptors (Lipinski definition) is 4. The van der Waals surface area contributed by atoms with Crippen LogP contribution in [-0.4, -0.2) is 15.0 Å². The van der Waals surface area contributed by atoms with Crippen molar-refractivity contribution in [3.8, 4) is 0 Å². The second-order valence-electron chi connectivity index (χ2n) is 3.57. The van der Waals surface area contributed by atoms with Gasteiger partial charge >= 0.3 is 0 Å². The van der Waals surface area contributed by atoms with E-state index in [0.717, 1.165) is 22.5 Å². The van der Waals surface area contributed by atoms with Crippen LogP contribution in [0.5, 0.6) is 0 Å². The van der Waals surface area contributed by atoms with Gasteiger partial charge in [-0.25, -0.2) is 15.0 Å². The van der Waals surface area contributed by atoms with E-state index in [2.05, 4.69) is 20.3 Å². The average molecular weight is 222 g/mol. The van der Waals surface area contributed by atoms with Crippen molar-refractivity contribution in [2.75, 3.05) is 5.32 Å². The average Bonchev–Trinajstić information content (AvgIpc) is 2.40. The SMILES string of the molecule is c1ccc(Nc2ccnc3ncccc23)nc1. The largest absolute Gasteiger partial charge is 0.340 e. The zero-order valence-electron chi connectivity index (χ0n) is 9.04. The van der Waals surface area contributed by atoms with Gasteiger partial charge in [-0.3, -0.25) is 0 Å². The lowest BCUT2D eigenvalue weighted by atomic mass is 10.2. The maximum atomic E-state index is 4.23. The highest BCUT2D eigenvalue weighted by Gasteiger charge is 2.02. The maximum absolute atomic E-state index is 4.23. The summed E-state index contributed by atoms with van der Waals surface area (Å²) in [6, 6.07) is 11.5. The van der Waals surface area contributed by atoms with Crippen molar-refractivity contribution in [2.24, 2.45) is 0 Å². The summed E-state index contributed by atoms with van der Waals surface area (Å²) in [6.07, 6.45) is 5.23. The van der Waals surface area contributed by atoms with Crippen molar-refractivity contribution in [1.29, 1.82) is 0 Å². The molecule has 4 heteroatoms. The fraction of sp³-hybridized carbons (Fsp3) is 0. The molecular weight excluding hydrogens is 212 g/mol. The van der Waals surface area contributed by atoms with E-state index in [1.807, 2.05) is 36.4 Å². The quantitative estimate of drug-likeness (QED) is 0.724. The number of anilines is 2. The van der Waals surface area contributed by atoms with Gasteiger partial charge in [0, 0.05) is 24.0 Å². The molecule has 3 rings (SSSR count). The van der Waals surface area contributed by atoms with Gasteiger partial charge in [0.05, 0.1) is 5.69 Å². The van der Waals surface area contributed by atoms with E-state index >= 15 is 0 Å². The van der Waals surface area contributed by atoms with Crippen LogP contribution in [0.15, 0.2) is 55.0 Å². The lowest BCUT2D eigenvalue weighted by Crippen LogP contribution is -1.95. The molecule has 1 N–H and O–H groups in total. The summed E-state index contributed by atoms with van der Waals surface area (Å²) in [5.41, 5.74) is 1.69. The van der Waals surface area contributed by atoms with Gasteiger partial charge in [-0.2, -0.15) is 0 Å². The highest BCUT2D eigenvalue weighted by Crippen LogP contribution is 2.22. The Bertz CT molecular complexity index is 632. The number of nitrogens with zero attached hydrogens (tertiary/aromatic N) is 3. The fourth-order valence-corrected chi connectivity index (χ4v) is 1.67. The van der Waals surface area contributed by atoms with E-state index < -0.39 is 0 Å². The number of nitrogens with one attached hydrogen (secondary N) is 1. The number of hydrogen-bond donors (Lipinski definition) is 1. The lowest BCUT2D eigenvalue weighted by molar-refractivity contribution is 1.27. The first-order valence-corrected chi connectivity index (χ1v) is 5.31. The van der Waals surface area contributed by atoms with Gasteiger partial charge in [-0.05, 0) is 30.3 Å². The Kier molecular flexibility index (Phi) is 2.38. The lowest BCUT2D eigenvalue weighted by Gasteiger charge is -2.07. The van der Waals surface area contributed by atoms with Gasteiger partial charge < -0.3 is 5.32 Å². The summed E-state index contributed by atoms with van der Waals surface area (Å²) in [5, 5.41) is 4.24. The first kappa shape index (κ1) is 9.72. The summed E-state index contributed by atoms with van der Waals surface area (Å²) in [7, 11) is 0. The Hall–Kier alpha value is -2.49. The molecule has 4 nitrogen and oxygen atoms in total. The minimum atomic E-state index is 0.730. The number of pyridine rings is 3. The molecule has 3 heterocycles. The van der Waals surface area contributed by atoms with Crippen LogP contribution >= 0.6 is 0 Å². The Balaban J connectivity index is 2.06. The van der Waals surface area contributed by atoms with Gasteiger partial charge in [0.25, 0.3) is 0 Å². The van der Waals surface area contributed by atoms with Crippen molar-refractivity contribution in [3.05, 3.63) is 55.0 Å². The molecule has 0 saturated heterocycles. The molecule has 0 aliphatic carbocycles. The van der Waals surface area contributed by atoms with Crippen molar-refractivity contribution in [3.63, 3.8) is 0 Å². The topological polar surface area (TPSA) is 50.7 Å². The van der Waals surface area contributed by atoms with Gasteiger partial charge in [0.1, 0.15) is 5.82 Å². The molecule has 3 aromatic heterocycles. The van der Waals surface area contributed by atoms with E-state index in [1.54, 1.807) is 18.6 Å². The summed E-state index contributed by atoms with van der Waals surface area (Å²) in [6.45, 7) is 0. The van der Waals surface area contributed by atoms with Crippen molar-refractivity contribution in [1.82, 2.24) is 15.0 Å².